The van der Waals surface area contributed by atoms with Gasteiger partial charge in [0.15, 0.2) is 0 Å². The molecule has 1 rings (SSSR count). The smallest absolute Gasteiger partial charge is 0.0512 e. The van der Waals surface area contributed by atoms with Crippen LogP contribution >= 0.6 is 11.3 Å². The second-order valence-corrected chi connectivity index (χ2v) is 3.12. The molecule has 0 N–H and O–H groups in total. The number of rotatable bonds is 0. The van der Waals surface area contributed by atoms with E-state index in [1.807, 2.05) is 17.7 Å². The first-order chi connectivity index (χ1) is 5.74. The van der Waals surface area contributed by atoms with Gasteiger partial charge in [-0.05, 0) is 12.5 Å². The number of terminal acetylenes is 1. The molecule has 0 spiro atoms. The fourth-order valence-corrected chi connectivity index (χ4v) is 1.40. The van der Waals surface area contributed by atoms with E-state index in [-0.39, 0.29) is 0 Å². The molecule has 0 aromatic carbocycles. The van der Waals surface area contributed by atoms with Gasteiger partial charge in [0.05, 0.1) is 11.1 Å². The van der Waals surface area contributed by atoms with Crippen LogP contribution in [0.5, 0.6) is 0 Å². The Bertz CT molecular complexity index is 391. The molecule has 0 fully saturated rings. The van der Waals surface area contributed by atoms with Gasteiger partial charge in [-0.25, -0.2) is 0 Å². The Kier molecular flexibility index (Phi) is 2.75. The van der Waals surface area contributed by atoms with Crippen molar-refractivity contribution in [3.05, 3.63) is 34.0 Å². The van der Waals surface area contributed by atoms with Crippen LogP contribution in [0.25, 0.3) is 0 Å². The minimum atomic E-state index is 0.851. The van der Waals surface area contributed by atoms with Crippen molar-refractivity contribution in [3.8, 4) is 24.2 Å². The van der Waals surface area contributed by atoms with Gasteiger partial charge in [0.2, 0.25) is 0 Å². The molecule has 58 valence electrons. The van der Waals surface area contributed by atoms with E-state index >= 15 is 0 Å². The molecule has 12 heavy (non-hydrogen) atoms. The van der Waals surface area contributed by atoms with Crippen molar-refractivity contribution in [2.75, 3.05) is 0 Å². The van der Waals surface area contributed by atoms with E-state index in [0.717, 1.165) is 16.7 Å². The molecule has 0 radical (unpaired) electrons. The highest BCUT2D eigenvalue weighted by atomic mass is 32.1. The van der Waals surface area contributed by atoms with Gasteiger partial charge in [-0.1, -0.05) is 24.3 Å². The number of allylic oxidation sites excluding steroid dienone is 1. The quantitative estimate of drug-likeness (QED) is 0.528. The summed E-state index contributed by atoms with van der Waals surface area (Å²) in [4.78, 5) is 0. The molecule has 0 nitrogen and oxygen atoms in total. The molecular weight excluding hydrogens is 164 g/mol. The predicted molar refractivity (Wildman–Crippen MR) is 53.9 cm³/mol. The molecule has 0 saturated heterocycles. The zero-order valence-corrected chi connectivity index (χ0v) is 7.66. The fraction of sp³-hybridized carbons (Fsp3) is 0.0909. The number of hydrogen-bond acceptors (Lipinski definition) is 1. The van der Waals surface area contributed by atoms with Crippen molar-refractivity contribution in [1.82, 2.24) is 0 Å². The molecule has 1 heteroatoms. The van der Waals surface area contributed by atoms with Gasteiger partial charge in [-0.3, -0.25) is 0 Å². The average Bonchev–Trinajstić information content (AvgIpc) is 2.47. The summed E-state index contributed by atoms with van der Waals surface area (Å²) >= 11 is 1.57. The van der Waals surface area contributed by atoms with Gasteiger partial charge in [0.1, 0.15) is 0 Å². The van der Waals surface area contributed by atoms with E-state index in [2.05, 4.69) is 24.3 Å². The lowest BCUT2D eigenvalue weighted by atomic mass is 10.2. The van der Waals surface area contributed by atoms with Crippen LogP contribution in [0.2, 0.25) is 0 Å². The lowest BCUT2D eigenvalue weighted by Crippen LogP contribution is -1.73. The van der Waals surface area contributed by atoms with Gasteiger partial charge in [0.25, 0.3) is 0 Å². The largest absolute Gasteiger partial charge is 0.150 e. The monoisotopic (exact) mass is 172 g/mol. The number of thiophene rings is 1. The van der Waals surface area contributed by atoms with E-state index in [9.17, 15) is 0 Å². The van der Waals surface area contributed by atoms with Crippen molar-refractivity contribution >= 4 is 11.3 Å². The molecule has 0 amide bonds. The minimum absolute atomic E-state index is 0.851. The lowest BCUT2D eigenvalue weighted by Gasteiger charge is -1.83. The van der Waals surface area contributed by atoms with E-state index in [1.54, 1.807) is 11.3 Å². The summed E-state index contributed by atoms with van der Waals surface area (Å²) in [6, 6.07) is 0. The summed E-state index contributed by atoms with van der Waals surface area (Å²) in [6.07, 6.45) is 5.27. The molecule has 1 aromatic rings. The molecule has 1 aromatic heterocycles. The molecule has 0 bridgehead atoms. The van der Waals surface area contributed by atoms with Gasteiger partial charge in [0, 0.05) is 10.8 Å². The van der Waals surface area contributed by atoms with Crippen LogP contribution in [0.3, 0.4) is 0 Å². The van der Waals surface area contributed by atoms with Gasteiger partial charge in [-0.2, -0.15) is 0 Å². The third kappa shape index (κ3) is 2.02. The molecule has 0 atom stereocenters. The molecule has 1 heterocycles. The second kappa shape index (κ2) is 3.81. The van der Waals surface area contributed by atoms with Crippen LogP contribution in [0.15, 0.2) is 22.9 Å². The maximum atomic E-state index is 5.27. The normalized spacial score (nSPS) is 8.00. The van der Waals surface area contributed by atoms with Crippen LogP contribution in [0.4, 0.5) is 0 Å². The molecule has 0 unspecified atom stereocenters. The zero-order chi connectivity index (χ0) is 8.97. The van der Waals surface area contributed by atoms with E-state index in [1.165, 1.54) is 0 Å². The maximum absolute atomic E-state index is 5.27. The van der Waals surface area contributed by atoms with E-state index < -0.39 is 0 Å². The number of hydrogen-bond donors (Lipinski definition) is 0. The highest BCUT2D eigenvalue weighted by Crippen LogP contribution is 2.12. The highest BCUT2D eigenvalue weighted by Gasteiger charge is 1.95. The first kappa shape index (κ1) is 8.65. The minimum Gasteiger partial charge on any atom is -0.150 e. The first-order valence-electron chi connectivity index (χ1n) is 3.44. The van der Waals surface area contributed by atoms with Crippen molar-refractivity contribution in [2.24, 2.45) is 0 Å². The summed E-state index contributed by atoms with van der Waals surface area (Å²) in [5, 5.41) is 3.87. The average molecular weight is 172 g/mol. The highest BCUT2D eigenvalue weighted by molar-refractivity contribution is 7.08. The van der Waals surface area contributed by atoms with Gasteiger partial charge in [-0.15, -0.1) is 17.8 Å². The molecule has 0 saturated carbocycles. The summed E-state index contributed by atoms with van der Waals surface area (Å²) in [5.74, 6) is 8.43. The topological polar surface area (TPSA) is 0 Å². The third-order valence-electron chi connectivity index (χ3n) is 1.23. The van der Waals surface area contributed by atoms with Gasteiger partial charge >= 0.3 is 0 Å². The summed E-state index contributed by atoms with van der Waals surface area (Å²) in [6.45, 7) is 5.56. The Morgan fingerprint density at radius 3 is 2.75 bits per heavy atom. The van der Waals surface area contributed by atoms with E-state index in [4.69, 9.17) is 6.42 Å². The molecular formula is C11H8S. The summed E-state index contributed by atoms with van der Waals surface area (Å²) in [7, 11) is 0. The SMILES string of the molecule is C#Cc1cscc1C#CC(=C)C. The zero-order valence-electron chi connectivity index (χ0n) is 6.85. The molecule has 0 aliphatic heterocycles. The first-order valence-corrected chi connectivity index (χ1v) is 4.38. The lowest BCUT2D eigenvalue weighted by molar-refractivity contribution is 1.62. The van der Waals surface area contributed by atoms with Crippen molar-refractivity contribution in [3.63, 3.8) is 0 Å². The second-order valence-electron chi connectivity index (χ2n) is 2.37. The standard InChI is InChI=1S/C11H8S/c1-4-10-7-12-8-11(10)6-5-9(2)3/h1,7-8H,2H2,3H3. The van der Waals surface area contributed by atoms with Crippen LogP contribution in [-0.2, 0) is 0 Å². The maximum Gasteiger partial charge on any atom is 0.0512 e. The van der Waals surface area contributed by atoms with Crippen LogP contribution in [0.1, 0.15) is 18.1 Å². The third-order valence-corrected chi connectivity index (χ3v) is 1.97. The van der Waals surface area contributed by atoms with Crippen LogP contribution in [-0.4, -0.2) is 0 Å². The van der Waals surface area contributed by atoms with Crippen LogP contribution < -0.4 is 0 Å². The molecule has 0 aliphatic rings. The molecule has 0 aliphatic carbocycles. The summed E-state index contributed by atoms with van der Waals surface area (Å²) in [5.41, 5.74) is 2.64. The Morgan fingerprint density at radius 2 is 2.17 bits per heavy atom. The van der Waals surface area contributed by atoms with E-state index in [0.29, 0.717) is 0 Å². The van der Waals surface area contributed by atoms with Crippen molar-refractivity contribution in [1.29, 1.82) is 0 Å². The predicted octanol–water partition coefficient (Wildman–Crippen LogP) is 2.66. The Morgan fingerprint density at radius 1 is 1.50 bits per heavy atom. The van der Waals surface area contributed by atoms with Crippen LogP contribution in [0, 0.1) is 24.2 Å². The fourth-order valence-electron chi connectivity index (χ4n) is 0.680. The Labute approximate surface area is 76.9 Å². The Balaban J connectivity index is 3.00. The Hall–Kier alpha value is -1.44. The van der Waals surface area contributed by atoms with Crippen molar-refractivity contribution < 1.29 is 0 Å². The van der Waals surface area contributed by atoms with Crippen molar-refractivity contribution in [2.45, 2.75) is 6.92 Å². The van der Waals surface area contributed by atoms with Gasteiger partial charge < -0.3 is 0 Å². The summed E-state index contributed by atoms with van der Waals surface area (Å²) < 4.78 is 0.